The molecular formula is C70H120N10O10. The molecule has 6 saturated heterocycles. The molecule has 6 aliphatic rings. The molecule has 20 nitrogen and oxygen atoms in total. The molecule has 20 heteroatoms. The van der Waals surface area contributed by atoms with E-state index in [1.807, 2.05) is 24.5 Å². The molecular weight excluding hydrogens is 1140 g/mol. The highest BCUT2D eigenvalue weighted by Crippen LogP contribution is 2.26. The third-order valence-electron chi connectivity index (χ3n) is 20.1. The molecule has 6 fully saturated rings. The summed E-state index contributed by atoms with van der Waals surface area (Å²) in [5.41, 5.74) is 0. The molecule has 5 N–H and O–H groups in total. The highest BCUT2D eigenvalue weighted by Gasteiger charge is 2.50. The summed E-state index contributed by atoms with van der Waals surface area (Å²) < 4.78 is 0. The van der Waals surface area contributed by atoms with E-state index in [-0.39, 0.29) is 65.4 Å². The van der Waals surface area contributed by atoms with Crippen molar-refractivity contribution in [1.82, 2.24) is 51.1 Å². The fourth-order valence-corrected chi connectivity index (χ4v) is 14.6. The number of nitrogens with zero attached hydrogens (tertiary/aromatic N) is 5. The monoisotopic (exact) mass is 1260 g/mol. The second-order valence-corrected chi connectivity index (χ2v) is 27.7. The number of carbonyl (C=O) groups is 10. The smallest absolute Gasteiger partial charge is 0.232 e. The van der Waals surface area contributed by atoms with Crippen LogP contribution in [-0.2, 0) is 47.9 Å². The normalized spacial score (nSPS) is 27.6. The standard InChI is InChI=1S/C70H120N10O10/c1-6-11-16-21-26-31-36-76-41-51-61(81)56(46-76)71-67(87)52-42-77(37-32-27-22-17-12-7-2)48-58(62(52)82)73-69(89)54-44-79(39-34-29-24-19-14-9-4)50-60(64(54)84)75-70(90)55-45-80(40-35-30-25-20-15-10-5)49-59(65(55)85)74-68(88)53-43-78(38-33-28-23-18-13-8-3)47-57(63(53)83)72-66(51)86/h51-60H,6-50H2,1-5H3,(H,71,87)(H,72,86)(H,73,89)(H,74,88)(H,75,90). The zero-order valence-electron chi connectivity index (χ0n) is 56.4. The molecule has 5 amide bonds. The Morgan fingerprint density at radius 2 is 0.367 bits per heavy atom. The van der Waals surface area contributed by atoms with E-state index in [0.29, 0.717) is 32.7 Å². The van der Waals surface area contributed by atoms with Crippen molar-refractivity contribution in [2.75, 3.05) is 98.2 Å². The summed E-state index contributed by atoms with van der Waals surface area (Å²) in [4.78, 5) is 159. The first-order valence-electron chi connectivity index (χ1n) is 36.4. The van der Waals surface area contributed by atoms with Gasteiger partial charge < -0.3 is 26.6 Å². The number of nitrogens with one attached hydrogen (secondary N) is 5. The number of unbranched alkanes of at least 4 members (excludes halogenated alkanes) is 25. The van der Waals surface area contributed by atoms with Crippen LogP contribution >= 0.6 is 0 Å². The van der Waals surface area contributed by atoms with E-state index in [2.05, 4.69) is 61.2 Å². The van der Waals surface area contributed by atoms with Crippen LogP contribution in [0.2, 0.25) is 0 Å². The van der Waals surface area contributed by atoms with Crippen LogP contribution in [0, 0.1) is 29.6 Å². The van der Waals surface area contributed by atoms with E-state index in [0.717, 1.165) is 193 Å². The van der Waals surface area contributed by atoms with Crippen molar-refractivity contribution < 1.29 is 47.9 Å². The second-order valence-electron chi connectivity index (χ2n) is 27.7. The summed E-state index contributed by atoms with van der Waals surface area (Å²) in [5.74, 6) is -12.7. The number of rotatable bonds is 35. The summed E-state index contributed by atoms with van der Waals surface area (Å²) in [6.45, 7) is 14.3. The molecule has 0 radical (unpaired) electrons. The van der Waals surface area contributed by atoms with Gasteiger partial charge in [0.1, 0.15) is 59.8 Å². The van der Waals surface area contributed by atoms with Crippen LogP contribution in [-0.4, -0.2) is 211 Å². The molecule has 10 bridgehead atoms. The minimum atomic E-state index is -1.30. The van der Waals surface area contributed by atoms with E-state index < -0.39 is 118 Å². The Kier molecular flexibility index (Phi) is 33.6. The molecule has 6 heterocycles. The van der Waals surface area contributed by atoms with Gasteiger partial charge in [-0.2, -0.15) is 0 Å². The highest BCUT2D eigenvalue weighted by molar-refractivity contribution is 6.13. The third-order valence-corrected chi connectivity index (χ3v) is 20.1. The minimum Gasteiger partial charge on any atom is -0.344 e. The molecule has 0 aromatic carbocycles. The van der Waals surface area contributed by atoms with Gasteiger partial charge in [-0.05, 0) is 64.8 Å². The van der Waals surface area contributed by atoms with Crippen molar-refractivity contribution in [1.29, 1.82) is 0 Å². The Hall–Kier alpha value is -4.50. The van der Waals surface area contributed by atoms with Crippen LogP contribution in [0.3, 0.4) is 0 Å². The number of hydrogen-bond acceptors (Lipinski definition) is 15. The zero-order valence-corrected chi connectivity index (χ0v) is 56.4. The number of Topliss-reactive ketones (excluding diaryl/α,β-unsaturated/α-hetero) is 5. The molecule has 0 aliphatic carbocycles. The first-order valence-corrected chi connectivity index (χ1v) is 36.4. The molecule has 0 saturated carbocycles. The molecule has 10 unspecified atom stereocenters. The van der Waals surface area contributed by atoms with Gasteiger partial charge in [0.2, 0.25) is 29.5 Å². The average Bonchev–Trinajstić information content (AvgIpc) is 0.997. The molecule has 6 rings (SSSR count). The van der Waals surface area contributed by atoms with Crippen LogP contribution in [0.5, 0.6) is 0 Å². The maximum absolute atomic E-state index is 14.9. The summed E-state index contributed by atoms with van der Waals surface area (Å²) in [7, 11) is 0. The fraction of sp³-hybridized carbons (Fsp3) is 0.857. The number of ketones is 5. The lowest BCUT2D eigenvalue weighted by Gasteiger charge is -2.40. The number of hydrogen-bond donors (Lipinski definition) is 5. The number of carbonyl (C=O) groups excluding carboxylic acids is 10. The summed E-state index contributed by atoms with van der Waals surface area (Å²) in [5, 5.41) is 14.7. The summed E-state index contributed by atoms with van der Waals surface area (Å²) in [6, 6.07) is -5.91. The molecule has 510 valence electrons. The van der Waals surface area contributed by atoms with Gasteiger partial charge in [-0.15, -0.1) is 0 Å². The molecule has 6 aliphatic heterocycles. The SMILES string of the molecule is CCCCCCCCN1CC2NC(=O)C3CN(CCCCCCCC)CC(NC(=O)C4CN(CCCCCCCC)CC(NC(=O)C5CN(CCCCCCCC)CC(NC(=O)C6CN(CCCCCCCC)CC(NC(=O)C(C1)C2=O)C6=O)C5=O)C4=O)C3=O. The van der Waals surface area contributed by atoms with Crippen molar-refractivity contribution in [3.63, 3.8) is 0 Å². The van der Waals surface area contributed by atoms with E-state index in [1.54, 1.807) is 0 Å². The van der Waals surface area contributed by atoms with Crippen LogP contribution < -0.4 is 26.6 Å². The number of amides is 5. The quantitative estimate of drug-likeness (QED) is 0.0326. The Balaban J connectivity index is 1.38. The lowest BCUT2D eigenvalue weighted by Crippen LogP contribution is -2.66. The van der Waals surface area contributed by atoms with Crippen LogP contribution in [0.1, 0.15) is 227 Å². The van der Waals surface area contributed by atoms with Crippen molar-refractivity contribution in [3.05, 3.63) is 0 Å². The number of likely N-dealkylation sites (tertiary alicyclic amines) is 5. The van der Waals surface area contributed by atoms with Crippen molar-refractivity contribution in [2.24, 2.45) is 29.6 Å². The molecule has 0 aromatic rings. The van der Waals surface area contributed by atoms with Gasteiger partial charge in [0.05, 0.1) is 0 Å². The van der Waals surface area contributed by atoms with Crippen LogP contribution in [0.25, 0.3) is 0 Å². The molecule has 90 heavy (non-hydrogen) atoms. The van der Waals surface area contributed by atoms with Crippen LogP contribution in [0.15, 0.2) is 0 Å². The lowest BCUT2D eigenvalue weighted by molar-refractivity contribution is -0.147. The first kappa shape index (κ1) is 74.5. The fourth-order valence-electron chi connectivity index (χ4n) is 14.6. The van der Waals surface area contributed by atoms with Gasteiger partial charge in [-0.25, -0.2) is 0 Å². The Morgan fingerprint density at radius 3 is 0.522 bits per heavy atom. The predicted octanol–water partition coefficient (Wildman–Crippen LogP) is 6.73. The topological polar surface area (TPSA) is 247 Å². The largest absolute Gasteiger partial charge is 0.344 e. The zero-order chi connectivity index (χ0) is 64.8. The number of fused-ring (bicyclic) bond motifs is 10. The first-order chi connectivity index (χ1) is 43.6. The maximum atomic E-state index is 14.9. The van der Waals surface area contributed by atoms with Gasteiger partial charge in [-0.3, -0.25) is 72.4 Å². The van der Waals surface area contributed by atoms with E-state index in [9.17, 15) is 47.9 Å². The van der Waals surface area contributed by atoms with Crippen molar-refractivity contribution in [3.8, 4) is 0 Å². The van der Waals surface area contributed by atoms with Gasteiger partial charge in [0.25, 0.3) is 0 Å². The van der Waals surface area contributed by atoms with Gasteiger partial charge in [0.15, 0.2) is 28.9 Å². The van der Waals surface area contributed by atoms with Crippen LogP contribution in [0.4, 0.5) is 0 Å². The summed E-state index contributed by atoms with van der Waals surface area (Å²) in [6.07, 6.45) is 30.4. The van der Waals surface area contributed by atoms with E-state index in [1.165, 1.54) is 0 Å². The second kappa shape index (κ2) is 40.6. The Morgan fingerprint density at radius 1 is 0.222 bits per heavy atom. The lowest BCUT2D eigenvalue weighted by atomic mass is 9.87. The molecule has 0 aromatic heterocycles. The maximum Gasteiger partial charge on any atom is 0.232 e. The predicted molar refractivity (Wildman–Crippen MR) is 351 cm³/mol. The minimum absolute atomic E-state index is 0.0473. The van der Waals surface area contributed by atoms with E-state index in [4.69, 9.17) is 0 Å². The third kappa shape index (κ3) is 23.5. The van der Waals surface area contributed by atoms with Gasteiger partial charge in [-0.1, -0.05) is 195 Å². The molecule has 10 atom stereocenters. The Bertz CT molecular complexity index is 1940. The summed E-state index contributed by atoms with van der Waals surface area (Å²) >= 11 is 0. The highest BCUT2D eigenvalue weighted by atomic mass is 16.2. The van der Waals surface area contributed by atoms with Crippen molar-refractivity contribution in [2.45, 2.75) is 257 Å². The van der Waals surface area contributed by atoms with Gasteiger partial charge >= 0.3 is 0 Å². The van der Waals surface area contributed by atoms with Gasteiger partial charge in [0, 0.05) is 65.4 Å². The van der Waals surface area contributed by atoms with E-state index >= 15 is 0 Å². The molecule has 0 spiro atoms. The Labute approximate surface area is 540 Å². The average molecular weight is 1260 g/mol. The van der Waals surface area contributed by atoms with Crippen molar-refractivity contribution >= 4 is 58.5 Å². The number of piperidine rings is 5.